The predicted molar refractivity (Wildman–Crippen MR) is 161 cm³/mol. The average Bonchev–Trinajstić information content (AvgIpc) is 3.58. The molecular weight excluding hydrogens is 565 g/mol. The van der Waals surface area contributed by atoms with Gasteiger partial charge in [-0.3, -0.25) is 0 Å². The molecule has 1 fully saturated rings. The van der Waals surface area contributed by atoms with E-state index in [1.807, 2.05) is 68.1 Å². The van der Waals surface area contributed by atoms with Crippen LogP contribution in [0.1, 0.15) is 72.7 Å². The zero-order valence-corrected chi connectivity index (χ0v) is 27.3. The van der Waals surface area contributed by atoms with E-state index in [2.05, 4.69) is 35.3 Å². The standard InChI is InChI=1S/C33H34ClNO4S.Na/c1-32(2,38)26-9-4-3-7-23(26)11-15-29(40-21-33(16-17-33)19-30(36)37)24-8-5-6-22(18-24)10-12-25-13-14-28-31(35-25)27(34)20-39-28;/h3-10,12-14,18,20,29,38H,11,15-17,19,21H2,1-2H3,(H,36,37);/q;+1/p-1/t29-;/m1./s1. The van der Waals surface area contributed by atoms with Crippen molar-refractivity contribution in [3.05, 3.63) is 99.9 Å². The molecule has 4 aromatic rings. The van der Waals surface area contributed by atoms with Gasteiger partial charge < -0.3 is 19.4 Å². The monoisotopic (exact) mass is 597 g/mol. The SMILES string of the molecule is CC(C)(O)c1ccccc1CC[C@@H](SCC1(CC(=O)[O-])CC1)c1cccc(C=Cc2ccc3occ(Cl)c3n2)c1.[Na+]. The van der Waals surface area contributed by atoms with Crippen molar-refractivity contribution in [1.29, 1.82) is 0 Å². The molecule has 1 aliphatic rings. The van der Waals surface area contributed by atoms with Crippen LogP contribution in [0.15, 0.2) is 71.3 Å². The zero-order valence-electron chi connectivity index (χ0n) is 23.7. The number of carboxylic acids is 1. The molecule has 208 valence electrons. The summed E-state index contributed by atoms with van der Waals surface area (Å²) in [6.07, 6.45) is 9.15. The number of carboxylic acid groups (broad SMARTS) is 1. The number of furan rings is 1. The summed E-state index contributed by atoms with van der Waals surface area (Å²) in [6, 6.07) is 20.3. The van der Waals surface area contributed by atoms with Gasteiger partial charge in [-0.25, -0.2) is 4.98 Å². The first-order chi connectivity index (χ1) is 19.1. The van der Waals surface area contributed by atoms with Crippen molar-refractivity contribution < 1.29 is 49.0 Å². The molecule has 0 unspecified atom stereocenters. The largest absolute Gasteiger partial charge is 1.00 e. The van der Waals surface area contributed by atoms with E-state index in [1.165, 1.54) is 11.8 Å². The Morgan fingerprint density at radius 2 is 1.95 bits per heavy atom. The second kappa shape index (κ2) is 13.5. The number of thioether (sulfide) groups is 1. The number of hydrogen-bond acceptors (Lipinski definition) is 6. The molecule has 5 nitrogen and oxygen atoms in total. The van der Waals surface area contributed by atoms with Crippen molar-refractivity contribution in [2.75, 3.05) is 5.75 Å². The molecule has 41 heavy (non-hydrogen) atoms. The van der Waals surface area contributed by atoms with Crippen LogP contribution in [0.2, 0.25) is 5.02 Å². The minimum Gasteiger partial charge on any atom is -0.550 e. The van der Waals surface area contributed by atoms with Gasteiger partial charge in [0.05, 0.1) is 11.3 Å². The van der Waals surface area contributed by atoms with E-state index in [-0.39, 0.29) is 46.6 Å². The summed E-state index contributed by atoms with van der Waals surface area (Å²) in [5.41, 5.74) is 5.33. The summed E-state index contributed by atoms with van der Waals surface area (Å²) in [7, 11) is 0. The van der Waals surface area contributed by atoms with Crippen molar-refractivity contribution >= 4 is 52.6 Å². The van der Waals surface area contributed by atoms with E-state index in [4.69, 9.17) is 16.0 Å². The van der Waals surface area contributed by atoms with E-state index >= 15 is 0 Å². The molecule has 1 N–H and O–H groups in total. The third-order valence-corrected chi connectivity index (χ3v) is 9.50. The molecule has 1 saturated carbocycles. The van der Waals surface area contributed by atoms with E-state index in [0.29, 0.717) is 16.1 Å². The molecule has 8 heteroatoms. The van der Waals surface area contributed by atoms with Gasteiger partial charge in [0, 0.05) is 11.2 Å². The van der Waals surface area contributed by atoms with Gasteiger partial charge in [0.25, 0.3) is 0 Å². The van der Waals surface area contributed by atoms with Gasteiger partial charge in [0.1, 0.15) is 16.8 Å². The van der Waals surface area contributed by atoms with Crippen LogP contribution < -0.4 is 34.7 Å². The first-order valence-corrected chi connectivity index (χ1v) is 15.0. The number of aryl methyl sites for hydroxylation is 1. The normalized spacial score (nSPS) is 15.1. The third kappa shape index (κ3) is 8.28. The van der Waals surface area contributed by atoms with E-state index in [0.717, 1.165) is 53.8 Å². The number of benzene rings is 2. The van der Waals surface area contributed by atoms with Crippen molar-refractivity contribution in [3.63, 3.8) is 0 Å². The van der Waals surface area contributed by atoms with Crippen LogP contribution >= 0.6 is 23.4 Å². The Labute approximate surface area is 272 Å². The summed E-state index contributed by atoms with van der Waals surface area (Å²) in [5.74, 6) is -0.182. The van der Waals surface area contributed by atoms with E-state index in [1.54, 1.807) is 0 Å². The van der Waals surface area contributed by atoms with Crippen molar-refractivity contribution in [2.45, 2.75) is 56.8 Å². The molecule has 2 heterocycles. The Hall–Kier alpha value is -2.06. The average molecular weight is 598 g/mol. The predicted octanol–water partition coefficient (Wildman–Crippen LogP) is 4.21. The molecule has 0 amide bonds. The van der Waals surface area contributed by atoms with E-state index < -0.39 is 11.6 Å². The van der Waals surface area contributed by atoms with Crippen molar-refractivity contribution in [1.82, 2.24) is 4.98 Å². The number of rotatable bonds is 12. The maximum atomic E-state index is 11.4. The molecule has 2 aromatic heterocycles. The van der Waals surface area contributed by atoms with Crippen molar-refractivity contribution in [3.8, 4) is 0 Å². The number of aromatic nitrogens is 1. The Kier molecular flexibility index (Phi) is 10.5. The van der Waals surface area contributed by atoms with E-state index in [9.17, 15) is 15.0 Å². The number of aliphatic hydroxyl groups is 1. The minimum atomic E-state index is -0.968. The quantitative estimate of drug-likeness (QED) is 0.246. The maximum Gasteiger partial charge on any atom is 1.00 e. The Morgan fingerprint density at radius 3 is 2.68 bits per heavy atom. The fourth-order valence-corrected chi connectivity index (χ4v) is 6.89. The first kappa shape index (κ1) is 31.9. The minimum absolute atomic E-state index is 0. The summed E-state index contributed by atoms with van der Waals surface area (Å²) in [5, 5.41) is 22.7. The van der Waals surface area contributed by atoms with Gasteiger partial charge in [-0.2, -0.15) is 11.8 Å². The number of nitrogens with zero attached hydrogens (tertiary/aromatic N) is 1. The Morgan fingerprint density at radius 1 is 1.17 bits per heavy atom. The number of pyridine rings is 1. The van der Waals surface area contributed by atoms with Gasteiger partial charge >= 0.3 is 29.6 Å². The number of aliphatic carboxylic acids is 1. The summed E-state index contributed by atoms with van der Waals surface area (Å²) < 4.78 is 5.39. The Bertz CT molecular complexity index is 1540. The van der Waals surface area contributed by atoms with Gasteiger partial charge in [-0.05, 0) is 97.6 Å². The Balaban J connectivity index is 0.00000387. The smallest absolute Gasteiger partial charge is 0.550 e. The molecule has 1 aliphatic carbocycles. The number of halogens is 1. The fourth-order valence-electron chi connectivity index (χ4n) is 5.14. The second-order valence-electron chi connectivity index (χ2n) is 11.3. The van der Waals surface area contributed by atoms with Crippen LogP contribution in [0.5, 0.6) is 0 Å². The zero-order chi connectivity index (χ0) is 28.3. The summed E-state index contributed by atoms with van der Waals surface area (Å²) >= 11 is 8.02. The maximum absolute atomic E-state index is 11.4. The van der Waals surface area contributed by atoms with Crippen LogP contribution in [0, 0.1) is 5.41 Å². The first-order valence-electron chi connectivity index (χ1n) is 13.6. The number of fused-ring (bicyclic) bond motifs is 1. The fraction of sp³-hybridized carbons (Fsp3) is 0.333. The van der Waals surface area contributed by atoms with Crippen LogP contribution in [-0.4, -0.2) is 21.8 Å². The molecular formula is C33H33ClNNaO4S. The van der Waals surface area contributed by atoms with Crippen LogP contribution in [0.25, 0.3) is 23.3 Å². The summed E-state index contributed by atoms with van der Waals surface area (Å²) in [4.78, 5) is 15.9. The summed E-state index contributed by atoms with van der Waals surface area (Å²) in [6.45, 7) is 3.63. The molecule has 2 aromatic carbocycles. The van der Waals surface area contributed by atoms with Gasteiger partial charge in [-0.15, -0.1) is 0 Å². The number of hydrogen-bond donors (Lipinski definition) is 1. The van der Waals surface area contributed by atoms with Crippen LogP contribution in [0.3, 0.4) is 0 Å². The second-order valence-corrected chi connectivity index (χ2v) is 12.9. The molecule has 0 saturated heterocycles. The molecule has 0 aliphatic heterocycles. The molecule has 5 rings (SSSR count). The third-order valence-electron chi connectivity index (χ3n) is 7.54. The van der Waals surface area contributed by atoms with Gasteiger partial charge in [-0.1, -0.05) is 66.2 Å². The topological polar surface area (TPSA) is 86.4 Å². The number of carbonyl (C=O) groups is 1. The van der Waals surface area contributed by atoms with Crippen LogP contribution in [-0.2, 0) is 16.8 Å². The molecule has 0 radical (unpaired) electrons. The van der Waals surface area contributed by atoms with Gasteiger partial charge in [0.2, 0.25) is 0 Å². The molecule has 0 bridgehead atoms. The number of carbonyl (C=O) groups excluding carboxylic acids is 1. The molecule has 0 spiro atoms. The molecule has 1 atom stereocenters. The van der Waals surface area contributed by atoms with Crippen molar-refractivity contribution in [2.24, 2.45) is 5.41 Å². The van der Waals surface area contributed by atoms with Crippen LogP contribution in [0.4, 0.5) is 0 Å². The van der Waals surface area contributed by atoms with Gasteiger partial charge in [0.15, 0.2) is 5.58 Å².